The Morgan fingerprint density at radius 1 is 1.31 bits per heavy atom. The van der Waals surface area contributed by atoms with Crippen LogP contribution < -0.4 is 5.32 Å². The third kappa shape index (κ3) is 2.84. The highest BCUT2D eigenvalue weighted by Gasteiger charge is 2.54. The molecule has 0 radical (unpaired) electrons. The van der Waals surface area contributed by atoms with Gasteiger partial charge in [-0.15, -0.1) is 0 Å². The van der Waals surface area contributed by atoms with Crippen LogP contribution in [0.5, 0.6) is 0 Å². The first kappa shape index (κ1) is 17.3. The molecule has 1 saturated carbocycles. The second-order valence-electron chi connectivity index (χ2n) is 8.02. The van der Waals surface area contributed by atoms with Gasteiger partial charge in [0, 0.05) is 26.7 Å². The lowest BCUT2D eigenvalue weighted by molar-refractivity contribution is -0.126. The van der Waals surface area contributed by atoms with Crippen molar-refractivity contribution in [3.8, 4) is 0 Å². The van der Waals surface area contributed by atoms with E-state index >= 15 is 0 Å². The molecule has 0 unspecified atom stereocenters. The maximum absolute atomic E-state index is 13.4. The number of hydrogen-bond acceptors (Lipinski definition) is 3. The van der Waals surface area contributed by atoms with Crippen LogP contribution in [0.4, 0.5) is 5.69 Å². The van der Waals surface area contributed by atoms with Gasteiger partial charge in [-0.1, -0.05) is 36.8 Å². The number of benzene rings is 1. The lowest BCUT2D eigenvalue weighted by Gasteiger charge is -2.28. The maximum Gasteiger partial charge on any atom is 0.232 e. The van der Waals surface area contributed by atoms with E-state index in [9.17, 15) is 4.79 Å². The molecule has 2 fully saturated rings. The van der Waals surface area contributed by atoms with Crippen molar-refractivity contribution in [2.45, 2.75) is 39.7 Å². The zero-order valence-electron chi connectivity index (χ0n) is 16.0. The average molecular weight is 352 g/mol. The Bertz CT molecular complexity index is 813. The summed E-state index contributed by atoms with van der Waals surface area (Å²) in [6.45, 7) is 6.78. The Morgan fingerprint density at radius 2 is 2.08 bits per heavy atom. The first-order chi connectivity index (χ1) is 12.5. The van der Waals surface area contributed by atoms with Gasteiger partial charge >= 0.3 is 0 Å². The third-order valence-electron chi connectivity index (χ3n) is 6.39. The number of carbonyl (C=O) groups excluding carboxylic acids is 1. The van der Waals surface area contributed by atoms with Crippen LogP contribution in [0, 0.1) is 25.2 Å². The summed E-state index contributed by atoms with van der Waals surface area (Å²) in [7, 11) is 1.92. The molecule has 5 nitrogen and oxygen atoms in total. The number of aryl methyl sites for hydroxylation is 2. The van der Waals surface area contributed by atoms with Crippen LogP contribution in [0.2, 0.25) is 0 Å². The zero-order chi connectivity index (χ0) is 18.3. The normalized spacial score (nSPS) is 25.4. The summed E-state index contributed by atoms with van der Waals surface area (Å²) < 4.78 is 1.84. The summed E-state index contributed by atoms with van der Waals surface area (Å²) in [5.74, 6) is 0.651. The number of fused-ring (bicyclic) bond motifs is 1. The summed E-state index contributed by atoms with van der Waals surface area (Å²) in [5.41, 5.74) is 3.87. The third-order valence-corrected chi connectivity index (χ3v) is 6.39. The summed E-state index contributed by atoms with van der Waals surface area (Å²) in [6.07, 6.45) is 3.30. The standard InChI is InChI=1S/C21H28N4O/c1-15-19(16(2)24(3)23-15)22-20(26)21-11-7-10-18(21)13-25(14-21)12-17-8-5-4-6-9-17/h4-6,8-9,18H,7,10-14H2,1-3H3,(H,22,26)/t18-,21-/m1/s1. The number of nitrogens with zero attached hydrogens (tertiary/aromatic N) is 3. The van der Waals surface area contributed by atoms with E-state index in [1.54, 1.807) is 0 Å². The van der Waals surface area contributed by atoms with Crippen molar-refractivity contribution in [1.29, 1.82) is 0 Å². The second-order valence-corrected chi connectivity index (χ2v) is 8.02. The van der Waals surface area contributed by atoms with Crippen molar-refractivity contribution in [2.75, 3.05) is 18.4 Å². The van der Waals surface area contributed by atoms with E-state index in [4.69, 9.17) is 0 Å². The lowest BCUT2D eigenvalue weighted by atomic mass is 9.79. The van der Waals surface area contributed by atoms with Gasteiger partial charge in [0.15, 0.2) is 0 Å². The molecule has 2 heterocycles. The highest BCUT2D eigenvalue weighted by molar-refractivity contribution is 5.97. The minimum atomic E-state index is -0.247. The molecule has 1 aromatic carbocycles. The van der Waals surface area contributed by atoms with Crippen molar-refractivity contribution >= 4 is 11.6 Å². The van der Waals surface area contributed by atoms with Gasteiger partial charge in [0.05, 0.1) is 22.5 Å². The molecule has 2 atom stereocenters. The number of aromatic nitrogens is 2. The first-order valence-corrected chi connectivity index (χ1v) is 9.57. The van der Waals surface area contributed by atoms with Crippen LogP contribution in [-0.2, 0) is 18.4 Å². The van der Waals surface area contributed by atoms with Gasteiger partial charge in [-0.05, 0) is 38.2 Å². The largest absolute Gasteiger partial charge is 0.322 e. The molecule has 26 heavy (non-hydrogen) atoms. The number of hydrogen-bond donors (Lipinski definition) is 1. The molecule has 2 aromatic rings. The molecule has 1 aliphatic heterocycles. The first-order valence-electron chi connectivity index (χ1n) is 9.57. The van der Waals surface area contributed by atoms with E-state index in [0.29, 0.717) is 5.92 Å². The fraction of sp³-hybridized carbons (Fsp3) is 0.524. The van der Waals surface area contributed by atoms with E-state index in [2.05, 4.69) is 45.6 Å². The van der Waals surface area contributed by atoms with Crippen LogP contribution in [0.15, 0.2) is 30.3 Å². The van der Waals surface area contributed by atoms with Gasteiger partial charge < -0.3 is 5.32 Å². The summed E-state index contributed by atoms with van der Waals surface area (Å²) >= 11 is 0. The van der Waals surface area contributed by atoms with E-state index < -0.39 is 0 Å². The average Bonchev–Trinajstić information content (AvgIpc) is 3.23. The van der Waals surface area contributed by atoms with Crippen LogP contribution in [0.25, 0.3) is 0 Å². The summed E-state index contributed by atoms with van der Waals surface area (Å²) in [4.78, 5) is 15.8. The molecular formula is C21H28N4O. The lowest BCUT2D eigenvalue weighted by Crippen LogP contribution is -2.40. The van der Waals surface area contributed by atoms with Gasteiger partial charge in [0.2, 0.25) is 5.91 Å². The minimum Gasteiger partial charge on any atom is -0.322 e. The molecule has 1 aromatic heterocycles. The topological polar surface area (TPSA) is 50.2 Å². The molecule has 5 heteroatoms. The van der Waals surface area contributed by atoms with Gasteiger partial charge in [-0.25, -0.2) is 0 Å². The predicted molar refractivity (Wildman–Crippen MR) is 103 cm³/mol. The van der Waals surface area contributed by atoms with Crippen molar-refractivity contribution in [1.82, 2.24) is 14.7 Å². The molecular weight excluding hydrogens is 324 g/mol. The predicted octanol–water partition coefficient (Wildman–Crippen LogP) is 3.28. The fourth-order valence-corrected chi connectivity index (χ4v) is 4.92. The number of likely N-dealkylation sites (tertiary alicyclic amines) is 1. The Hall–Kier alpha value is -2.14. The van der Waals surface area contributed by atoms with Crippen LogP contribution in [0.1, 0.15) is 36.2 Å². The van der Waals surface area contributed by atoms with Crippen LogP contribution in [0.3, 0.4) is 0 Å². The van der Waals surface area contributed by atoms with Crippen LogP contribution >= 0.6 is 0 Å². The number of amides is 1. The smallest absolute Gasteiger partial charge is 0.232 e. The Labute approximate surface area is 155 Å². The van der Waals surface area contributed by atoms with Crippen molar-refractivity contribution in [3.05, 3.63) is 47.3 Å². The number of rotatable bonds is 4. The molecule has 0 bridgehead atoms. The molecule has 138 valence electrons. The SMILES string of the molecule is Cc1nn(C)c(C)c1NC(=O)[C@@]12CCC[C@@H]1CN(Cc1ccccc1)C2. The summed E-state index contributed by atoms with van der Waals surface area (Å²) in [6, 6.07) is 10.6. The van der Waals surface area contributed by atoms with Gasteiger partial charge in [-0.2, -0.15) is 5.10 Å². The molecule has 4 rings (SSSR count). The van der Waals surface area contributed by atoms with E-state index in [0.717, 1.165) is 56.0 Å². The maximum atomic E-state index is 13.4. The zero-order valence-corrected chi connectivity index (χ0v) is 16.0. The molecule has 1 N–H and O–H groups in total. The highest BCUT2D eigenvalue weighted by Crippen LogP contribution is 2.49. The van der Waals surface area contributed by atoms with E-state index in [1.807, 2.05) is 25.6 Å². The quantitative estimate of drug-likeness (QED) is 0.919. The number of nitrogens with one attached hydrogen (secondary N) is 1. The number of anilines is 1. The molecule has 2 aliphatic rings. The van der Waals surface area contributed by atoms with Crippen molar-refractivity contribution in [2.24, 2.45) is 18.4 Å². The Balaban J connectivity index is 1.53. The monoisotopic (exact) mass is 352 g/mol. The highest BCUT2D eigenvalue weighted by atomic mass is 16.2. The summed E-state index contributed by atoms with van der Waals surface area (Å²) in [5, 5.41) is 7.67. The fourth-order valence-electron chi connectivity index (χ4n) is 4.92. The van der Waals surface area contributed by atoms with E-state index in [1.165, 1.54) is 5.56 Å². The Kier molecular flexibility index (Phi) is 4.35. The Morgan fingerprint density at radius 3 is 2.77 bits per heavy atom. The van der Waals surface area contributed by atoms with Gasteiger partial charge in [-0.3, -0.25) is 14.4 Å². The minimum absolute atomic E-state index is 0.190. The molecule has 0 spiro atoms. The van der Waals surface area contributed by atoms with Gasteiger partial charge in [0.1, 0.15) is 0 Å². The van der Waals surface area contributed by atoms with Crippen LogP contribution in [-0.4, -0.2) is 33.7 Å². The molecule has 1 amide bonds. The molecule has 1 saturated heterocycles. The van der Waals surface area contributed by atoms with Crippen molar-refractivity contribution in [3.63, 3.8) is 0 Å². The molecule has 1 aliphatic carbocycles. The second kappa shape index (κ2) is 6.54. The van der Waals surface area contributed by atoms with E-state index in [-0.39, 0.29) is 11.3 Å². The van der Waals surface area contributed by atoms with Crippen molar-refractivity contribution < 1.29 is 4.79 Å². The van der Waals surface area contributed by atoms with Gasteiger partial charge in [0.25, 0.3) is 0 Å². The number of carbonyl (C=O) groups is 1.